The van der Waals surface area contributed by atoms with Gasteiger partial charge in [0.25, 0.3) is 0 Å². The van der Waals surface area contributed by atoms with Crippen molar-refractivity contribution in [2.24, 2.45) is 5.92 Å². The third-order valence-corrected chi connectivity index (χ3v) is 5.75. The fourth-order valence-corrected chi connectivity index (χ4v) is 3.85. The normalized spacial score (nSPS) is 14.1. The van der Waals surface area contributed by atoms with Gasteiger partial charge in [0.15, 0.2) is 0 Å². The van der Waals surface area contributed by atoms with Crippen LogP contribution in [-0.2, 0) is 16.1 Å². The second-order valence-electron chi connectivity index (χ2n) is 8.45. The van der Waals surface area contributed by atoms with Crippen molar-refractivity contribution in [2.45, 2.75) is 32.9 Å². The van der Waals surface area contributed by atoms with Crippen LogP contribution in [0.1, 0.15) is 26.3 Å². The number of rotatable bonds is 5. The minimum absolute atomic E-state index is 0.0707. The maximum Gasteiger partial charge on any atom is 0.410 e. The molecule has 0 aromatic heterocycles. The van der Waals surface area contributed by atoms with E-state index in [0.29, 0.717) is 30.3 Å². The van der Waals surface area contributed by atoms with E-state index in [2.05, 4.69) is 15.9 Å². The molecule has 1 aliphatic heterocycles. The number of ether oxygens (including phenoxy) is 2. The molecule has 0 saturated carbocycles. The lowest BCUT2D eigenvalue weighted by Crippen LogP contribution is -2.57. The lowest BCUT2D eigenvalue weighted by molar-refractivity contribution is -0.127. The lowest BCUT2D eigenvalue weighted by Gasteiger charge is -2.41. The molecule has 0 bridgehead atoms. The number of amides is 2. The average molecular weight is 510 g/mol. The summed E-state index contributed by atoms with van der Waals surface area (Å²) in [5.74, 6) is 0.368. The highest BCUT2D eigenvalue weighted by Crippen LogP contribution is 2.33. The number of hydrogen-bond donors (Lipinski definition) is 0. The van der Waals surface area contributed by atoms with Gasteiger partial charge in [-0.1, -0.05) is 23.7 Å². The van der Waals surface area contributed by atoms with Crippen molar-refractivity contribution in [2.75, 3.05) is 25.1 Å². The monoisotopic (exact) mass is 508 g/mol. The summed E-state index contributed by atoms with van der Waals surface area (Å²) in [6.45, 7) is 6.47. The average Bonchev–Trinajstić information content (AvgIpc) is 2.66. The van der Waals surface area contributed by atoms with Crippen LogP contribution >= 0.6 is 27.5 Å². The zero-order valence-electron chi connectivity index (χ0n) is 18.0. The van der Waals surface area contributed by atoms with Crippen molar-refractivity contribution in [1.82, 2.24) is 4.90 Å². The first-order valence-corrected chi connectivity index (χ1v) is 11.1. The molecule has 3 rings (SSSR count). The van der Waals surface area contributed by atoms with Gasteiger partial charge < -0.3 is 19.3 Å². The number of carbonyl (C=O) groups is 2. The fourth-order valence-electron chi connectivity index (χ4n) is 3.22. The van der Waals surface area contributed by atoms with Crippen LogP contribution in [0.5, 0.6) is 5.75 Å². The van der Waals surface area contributed by atoms with Crippen molar-refractivity contribution in [1.29, 1.82) is 0 Å². The third kappa shape index (κ3) is 5.92. The second-order valence-corrected chi connectivity index (χ2v) is 9.74. The van der Waals surface area contributed by atoms with Gasteiger partial charge in [0.05, 0.1) is 25.3 Å². The molecule has 0 atom stereocenters. The quantitative estimate of drug-likeness (QED) is 0.533. The van der Waals surface area contributed by atoms with Crippen LogP contribution in [-0.4, -0.2) is 42.7 Å². The molecular weight excluding hydrogens is 484 g/mol. The topological polar surface area (TPSA) is 59.1 Å². The van der Waals surface area contributed by atoms with Crippen molar-refractivity contribution in [3.63, 3.8) is 0 Å². The smallest absolute Gasteiger partial charge is 0.410 e. The van der Waals surface area contributed by atoms with Gasteiger partial charge in [0.1, 0.15) is 11.4 Å². The molecule has 0 N–H and O–H groups in total. The van der Waals surface area contributed by atoms with Gasteiger partial charge in [-0.05, 0) is 72.6 Å². The molecule has 6 nitrogen and oxygen atoms in total. The van der Waals surface area contributed by atoms with E-state index in [1.165, 1.54) is 0 Å². The zero-order chi connectivity index (χ0) is 22.8. The molecule has 1 saturated heterocycles. The molecule has 0 spiro atoms. The van der Waals surface area contributed by atoms with Gasteiger partial charge in [0.2, 0.25) is 5.91 Å². The zero-order valence-corrected chi connectivity index (χ0v) is 20.4. The van der Waals surface area contributed by atoms with Gasteiger partial charge in [0, 0.05) is 22.6 Å². The van der Waals surface area contributed by atoms with Gasteiger partial charge in [-0.15, -0.1) is 0 Å². The first-order valence-electron chi connectivity index (χ1n) is 9.94. The highest BCUT2D eigenvalue weighted by atomic mass is 79.9. The SMILES string of the molecule is COc1ccc(CN(C(=O)C2CN(C(=O)OC(C)(C)C)C2)c2cc(Cl)ccc2Br)cc1. The molecule has 0 radical (unpaired) electrons. The highest BCUT2D eigenvalue weighted by Gasteiger charge is 2.40. The first kappa shape index (κ1) is 23.4. The Morgan fingerprint density at radius 3 is 2.39 bits per heavy atom. The predicted octanol–water partition coefficient (Wildman–Crippen LogP) is 5.51. The van der Waals surface area contributed by atoms with E-state index in [4.69, 9.17) is 21.1 Å². The first-order chi connectivity index (χ1) is 14.6. The number of methoxy groups -OCH3 is 1. The summed E-state index contributed by atoms with van der Waals surface area (Å²) >= 11 is 9.75. The minimum atomic E-state index is -0.571. The number of benzene rings is 2. The molecule has 1 heterocycles. The molecule has 31 heavy (non-hydrogen) atoms. The Kier molecular flexibility index (Phi) is 7.17. The van der Waals surface area contributed by atoms with Crippen LogP contribution in [0, 0.1) is 5.92 Å². The standard InChI is InChI=1S/C23H26BrClN2O4/c1-23(2,3)31-22(29)26-13-16(14-26)21(28)27(20-11-17(25)7-10-19(20)24)12-15-5-8-18(30-4)9-6-15/h5-11,16H,12-14H2,1-4H3. The van der Waals surface area contributed by atoms with Crippen LogP contribution in [0.2, 0.25) is 5.02 Å². The van der Waals surface area contributed by atoms with E-state index in [1.807, 2.05) is 51.1 Å². The number of hydrogen-bond acceptors (Lipinski definition) is 4. The molecule has 1 aliphatic rings. The van der Waals surface area contributed by atoms with Crippen molar-refractivity contribution >= 4 is 45.2 Å². The summed E-state index contributed by atoms with van der Waals surface area (Å²) in [6.07, 6.45) is -0.401. The molecule has 0 aliphatic carbocycles. The van der Waals surface area contributed by atoms with Crippen molar-refractivity contribution in [3.8, 4) is 5.75 Å². The summed E-state index contributed by atoms with van der Waals surface area (Å²) in [6, 6.07) is 12.9. The Labute approximate surface area is 196 Å². The fraction of sp³-hybridized carbons (Fsp3) is 0.391. The van der Waals surface area contributed by atoms with E-state index in [-0.39, 0.29) is 11.8 Å². The number of anilines is 1. The number of likely N-dealkylation sites (tertiary alicyclic amines) is 1. The van der Waals surface area contributed by atoms with Crippen LogP contribution < -0.4 is 9.64 Å². The van der Waals surface area contributed by atoms with E-state index in [0.717, 1.165) is 15.8 Å². The molecule has 8 heteroatoms. The maximum atomic E-state index is 13.4. The maximum absolute atomic E-state index is 13.4. The van der Waals surface area contributed by atoms with Gasteiger partial charge in [-0.25, -0.2) is 4.79 Å². The van der Waals surface area contributed by atoms with Crippen LogP contribution in [0.25, 0.3) is 0 Å². The van der Waals surface area contributed by atoms with Gasteiger partial charge >= 0.3 is 6.09 Å². The summed E-state index contributed by atoms with van der Waals surface area (Å²) in [5, 5.41) is 0.537. The molecule has 166 valence electrons. The molecule has 1 fully saturated rings. The summed E-state index contributed by atoms with van der Waals surface area (Å²) in [5.41, 5.74) is 1.06. The Bertz CT molecular complexity index is 953. The summed E-state index contributed by atoms with van der Waals surface area (Å²) < 4.78 is 11.4. The highest BCUT2D eigenvalue weighted by molar-refractivity contribution is 9.10. The Hall–Kier alpha value is -2.25. The summed E-state index contributed by atoms with van der Waals surface area (Å²) in [7, 11) is 1.61. The van der Waals surface area contributed by atoms with Crippen molar-refractivity contribution in [3.05, 3.63) is 57.5 Å². The molecule has 2 aromatic rings. The minimum Gasteiger partial charge on any atom is -0.497 e. The van der Waals surface area contributed by atoms with Gasteiger partial charge in [-0.2, -0.15) is 0 Å². The largest absolute Gasteiger partial charge is 0.497 e. The van der Waals surface area contributed by atoms with E-state index < -0.39 is 11.7 Å². The van der Waals surface area contributed by atoms with E-state index >= 15 is 0 Å². The molecule has 0 unspecified atom stereocenters. The van der Waals surface area contributed by atoms with E-state index in [9.17, 15) is 9.59 Å². The Morgan fingerprint density at radius 2 is 1.81 bits per heavy atom. The molecule has 2 aromatic carbocycles. The van der Waals surface area contributed by atoms with Crippen LogP contribution in [0.15, 0.2) is 46.9 Å². The summed E-state index contributed by atoms with van der Waals surface area (Å²) in [4.78, 5) is 28.9. The number of nitrogens with zero attached hydrogens (tertiary/aromatic N) is 2. The molecule has 2 amide bonds. The van der Waals surface area contributed by atoms with Gasteiger partial charge in [-0.3, -0.25) is 4.79 Å². The Balaban J connectivity index is 1.79. The Morgan fingerprint density at radius 1 is 1.16 bits per heavy atom. The van der Waals surface area contributed by atoms with E-state index in [1.54, 1.807) is 29.0 Å². The van der Waals surface area contributed by atoms with Crippen LogP contribution in [0.4, 0.5) is 10.5 Å². The molecular formula is C23H26BrClN2O4. The van der Waals surface area contributed by atoms with Crippen LogP contribution in [0.3, 0.4) is 0 Å². The predicted molar refractivity (Wildman–Crippen MR) is 125 cm³/mol. The van der Waals surface area contributed by atoms with Crippen molar-refractivity contribution < 1.29 is 19.1 Å². The lowest BCUT2D eigenvalue weighted by atomic mass is 9.98. The number of halogens is 2. The number of carbonyl (C=O) groups excluding carboxylic acids is 2. The second kappa shape index (κ2) is 9.49. The third-order valence-electron chi connectivity index (χ3n) is 4.85.